The predicted molar refractivity (Wildman–Crippen MR) is 100 cm³/mol. The van der Waals surface area contributed by atoms with Crippen LogP contribution in [0.2, 0.25) is 0 Å². The van der Waals surface area contributed by atoms with Crippen LogP contribution in [0.3, 0.4) is 0 Å². The van der Waals surface area contributed by atoms with Gasteiger partial charge in [0.2, 0.25) is 0 Å². The molecule has 1 amide bonds. The number of hydrogen-bond acceptors (Lipinski definition) is 5. The molecule has 0 unspecified atom stereocenters. The molecule has 0 saturated heterocycles. The van der Waals surface area contributed by atoms with E-state index in [-0.39, 0.29) is 6.04 Å². The maximum Gasteiger partial charge on any atom is 0.404 e. The summed E-state index contributed by atoms with van der Waals surface area (Å²) in [6.07, 6.45) is 1.37. The molecule has 0 spiro atoms. The fraction of sp³-hybridized carbons (Fsp3) is 0.278. The third-order valence-corrected chi connectivity index (χ3v) is 5.33. The smallest absolute Gasteiger partial charge is 0.404 e. The Balaban J connectivity index is 1.83. The zero-order valence-electron chi connectivity index (χ0n) is 14.1. The van der Waals surface area contributed by atoms with Crippen molar-refractivity contribution in [3.8, 4) is 0 Å². The van der Waals surface area contributed by atoms with Gasteiger partial charge in [-0.3, -0.25) is 0 Å². The second-order valence-corrected chi connectivity index (χ2v) is 7.09. The van der Waals surface area contributed by atoms with E-state index in [2.05, 4.69) is 33.0 Å². The van der Waals surface area contributed by atoms with Crippen LogP contribution in [-0.4, -0.2) is 27.4 Å². The van der Waals surface area contributed by atoms with Crippen LogP contribution in [-0.2, 0) is 13.0 Å². The summed E-state index contributed by atoms with van der Waals surface area (Å²) in [6.45, 7) is 4.58. The van der Waals surface area contributed by atoms with Gasteiger partial charge in [0.15, 0.2) is 0 Å². The topological polar surface area (TPSA) is 87.1 Å². The zero-order chi connectivity index (χ0) is 17.8. The second kappa shape index (κ2) is 7.48. The number of nitrogens with one attached hydrogen (secondary N) is 2. The first-order valence-electron chi connectivity index (χ1n) is 8.05. The number of fused-ring (bicyclic) bond motifs is 1. The molecule has 0 aliphatic carbocycles. The minimum absolute atomic E-state index is 0.155. The van der Waals surface area contributed by atoms with Gasteiger partial charge < -0.3 is 15.7 Å². The molecule has 0 bridgehead atoms. The number of benzene rings is 1. The summed E-state index contributed by atoms with van der Waals surface area (Å²) in [5.74, 6) is 0. The summed E-state index contributed by atoms with van der Waals surface area (Å²) < 4.78 is 1.06. The van der Waals surface area contributed by atoms with E-state index in [0.29, 0.717) is 13.0 Å². The van der Waals surface area contributed by atoms with Crippen LogP contribution in [0.25, 0.3) is 10.2 Å². The van der Waals surface area contributed by atoms with Crippen LogP contribution in [0, 0.1) is 6.92 Å². The standard InChI is InChI=1S/C18H20N4O2S/c1-11(21-18(23)24)8-15-12(2)16-17(25-15)14(10-20-22-16)19-9-13-6-4-3-5-7-13/h3-7,10-11,21H,8-9H2,1-2H3,(H,19,22)(H,23,24)/t11-/m0/s1. The summed E-state index contributed by atoms with van der Waals surface area (Å²) in [5, 5.41) is 23.2. The Kier molecular flexibility index (Phi) is 5.14. The highest BCUT2D eigenvalue weighted by Crippen LogP contribution is 2.34. The lowest BCUT2D eigenvalue weighted by Gasteiger charge is -2.10. The van der Waals surface area contributed by atoms with E-state index < -0.39 is 6.09 Å². The molecule has 130 valence electrons. The van der Waals surface area contributed by atoms with Gasteiger partial charge in [-0.2, -0.15) is 5.10 Å². The van der Waals surface area contributed by atoms with Crippen molar-refractivity contribution < 1.29 is 9.90 Å². The third kappa shape index (κ3) is 4.06. The van der Waals surface area contributed by atoms with Crippen LogP contribution in [0.5, 0.6) is 0 Å². The molecule has 7 heteroatoms. The summed E-state index contributed by atoms with van der Waals surface area (Å²) in [5.41, 5.74) is 4.09. The molecule has 3 rings (SSSR count). The Morgan fingerprint density at radius 3 is 2.80 bits per heavy atom. The highest BCUT2D eigenvalue weighted by atomic mass is 32.1. The van der Waals surface area contributed by atoms with Crippen LogP contribution in [0.4, 0.5) is 10.5 Å². The van der Waals surface area contributed by atoms with E-state index in [9.17, 15) is 4.79 Å². The van der Waals surface area contributed by atoms with E-state index in [4.69, 9.17) is 5.11 Å². The minimum Gasteiger partial charge on any atom is -0.465 e. The normalized spacial score (nSPS) is 12.1. The van der Waals surface area contributed by atoms with Crippen LogP contribution < -0.4 is 10.6 Å². The van der Waals surface area contributed by atoms with E-state index in [1.165, 1.54) is 5.56 Å². The zero-order valence-corrected chi connectivity index (χ0v) is 14.9. The Hall–Kier alpha value is -2.67. The average Bonchev–Trinajstić information content (AvgIpc) is 2.90. The molecule has 6 nitrogen and oxygen atoms in total. The number of nitrogens with zero attached hydrogens (tertiary/aromatic N) is 2. The largest absolute Gasteiger partial charge is 0.465 e. The number of hydrogen-bond donors (Lipinski definition) is 3. The Morgan fingerprint density at radius 1 is 1.32 bits per heavy atom. The van der Waals surface area contributed by atoms with Gasteiger partial charge in [0.25, 0.3) is 0 Å². The highest BCUT2D eigenvalue weighted by molar-refractivity contribution is 7.19. The average molecular weight is 356 g/mol. The summed E-state index contributed by atoms with van der Waals surface area (Å²) >= 11 is 1.64. The van der Waals surface area contributed by atoms with Gasteiger partial charge in [0.05, 0.1) is 16.6 Å². The molecule has 0 aliphatic rings. The van der Waals surface area contributed by atoms with Crippen molar-refractivity contribution in [1.82, 2.24) is 15.5 Å². The molecule has 3 aromatic rings. The quantitative estimate of drug-likeness (QED) is 0.625. The van der Waals surface area contributed by atoms with Crippen molar-refractivity contribution in [3.63, 3.8) is 0 Å². The molecule has 25 heavy (non-hydrogen) atoms. The van der Waals surface area contributed by atoms with Crippen molar-refractivity contribution in [3.05, 3.63) is 52.5 Å². The molecular formula is C18H20N4O2S. The lowest BCUT2D eigenvalue weighted by molar-refractivity contribution is 0.191. The maximum atomic E-state index is 10.8. The van der Waals surface area contributed by atoms with Gasteiger partial charge in [0, 0.05) is 23.9 Å². The van der Waals surface area contributed by atoms with Gasteiger partial charge in [-0.25, -0.2) is 4.79 Å². The molecular weight excluding hydrogens is 336 g/mol. The Bertz CT molecular complexity index is 879. The van der Waals surface area contributed by atoms with Crippen LogP contribution in [0.15, 0.2) is 36.5 Å². The molecule has 3 N–H and O–H groups in total. The van der Waals surface area contributed by atoms with Gasteiger partial charge in [0.1, 0.15) is 5.52 Å². The SMILES string of the molecule is Cc1c(C[C@H](C)NC(=O)O)sc2c(NCc3ccccc3)cnnc12. The highest BCUT2D eigenvalue weighted by Gasteiger charge is 2.16. The molecule has 1 aromatic carbocycles. The lowest BCUT2D eigenvalue weighted by Crippen LogP contribution is -2.32. The number of thiophene rings is 1. The van der Waals surface area contributed by atoms with Gasteiger partial charge >= 0.3 is 6.09 Å². The third-order valence-electron chi connectivity index (χ3n) is 3.99. The Labute approximate surface area is 149 Å². The van der Waals surface area contributed by atoms with E-state index in [0.717, 1.165) is 26.3 Å². The van der Waals surface area contributed by atoms with Crippen molar-refractivity contribution in [2.75, 3.05) is 5.32 Å². The number of carbonyl (C=O) groups is 1. The number of aryl methyl sites for hydroxylation is 1. The molecule has 0 aliphatic heterocycles. The number of carboxylic acid groups (broad SMARTS) is 1. The van der Waals surface area contributed by atoms with E-state index in [1.54, 1.807) is 17.5 Å². The second-order valence-electron chi connectivity index (χ2n) is 5.98. The van der Waals surface area contributed by atoms with Gasteiger partial charge in [-0.1, -0.05) is 30.3 Å². The minimum atomic E-state index is -1.00. The van der Waals surface area contributed by atoms with Crippen molar-refractivity contribution >= 4 is 33.3 Å². The Morgan fingerprint density at radius 2 is 2.08 bits per heavy atom. The summed E-state index contributed by atoms with van der Waals surface area (Å²) in [7, 11) is 0. The number of rotatable bonds is 6. The van der Waals surface area contributed by atoms with Crippen molar-refractivity contribution in [1.29, 1.82) is 0 Å². The first-order valence-corrected chi connectivity index (χ1v) is 8.87. The predicted octanol–water partition coefficient (Wildman–Crippen LogP) is 3.81. The maximum absolute atomic E-state index is 10.8. The number of aromatic nitrogens is 2. The number of anilines is 1. The van der Waals surface area contributed by atoms with Crippen molar-refractivity contribution in [2.45, 2.75) is 32.9 Å². The monoisotopic (exact) mass is 356 g/mol. The number of amides is 1. The lowest BCUT2D eigenvalue weighted by atomic mass is 10.1. The fourth-order valence-electron chi connectivity index (χ4n) is 2.71. The molecule has 1 atom stereocenters. The first kappa shape index (κ1) is 17.2. The molecule has 0 fully saturated rings. The molecule has 2 heterocycles. The van der Waals surface area contributed by atoms with E-state index in [1.807, 2.05) is 32.0 Å². The van der Waals surface area contributed by atoms with Gasteiger partial charge in [-0.05, 0) is 25.0 Å². The van der Waals surface area contributed by atoms with Crippen LogP contribution >= 0.6 is 11.3 Å². The van der Waals surface area contributed by atoms with Gasteiger partial charge in [-0.15, -0.1) is 16.4 Å². The van der Waals surface area contributed by atoms with Crippen LogP contribution in [0.1, 0.15) is 22.9 Å². The summed E-state index contributed by atoms with van der Waals surface area (Å²) in [4.78, 5) is 11.9. The molecule has 2 aromatic heterocycles. The molecule has 0 saturated carbocycles. The van der Waals surface area contributed by atoms with E-state index >= 15 is 0 Å². The van der Waals surface area contributed by atoms with Crippen molar-refractivity contribution in [2.24, 2.45) is 0 Å². The fourth-order valence-corrected chi connectivity index (χ4v) is 4.07. The first-order chi connectivity index (χ1) is 12.0. The summed E-state index contributed by atoms with van der Waals surface area (Å²) in [6, 6.07) is 10.0. The molecule has 0 radical (unpaired) electrons.